The number of ketones is 2. The molecule has 82 valence electrons. The first-order valence-electron chi connectivity index (χ1n) is 5.39. The maximum atomic E-state index is 11.8. The van der Waals surface area contributed by atoms with Crippen LogP contribution < -0.4 is 0 Å². The van der Waals surface area contributed by atoms with Crippen LogP contribution in [0.5, 0.6) is 0 Å². The zero-order valence-electron chi connectivity index (χ0n) is 9.17. The van der Waals surface area contributed by atoms with Gasteiger partial charge in [-0.05, 0) is 33.1 Å². The van der Waals surface area contributed by atoms with Crippen molar-refractivity contribution in [3.8, 4) is 0 Å². The third-order valence-electron chi connectivity index (χ3n) is 4.06. The molecule has 2 atom stereocenters. The Morgan fingerprint density at radius 3 is 2.73 bits per heavy atom. The van der Waals surface area contributed by atoms with Crippen LogP contribution in [0, 0.1) is 5.41 Å². The standard InChI is InChI=1S/C12H16O3/c1-8(13)9-4-3-6-11(2)10(14)5-7-12(9,11)15/h4,15H,3,5-7H2,1-2H3/t11-,12+/m1/s1. The van der Waals surface area contributed by atoms with Gasteiger partial charge in [0.05, 0.1) is 5.41 Å². The number of aliphatic hydroxyl groups is 1. The quantitative estimate of drug-likeness (QED) is 0.708. The van der Waals surface area contributed by atoms with Crippen molar-refractivity contribution in [1.82, 2.24) is 0 Å². The Balaban J connectivity index is 2.53. The minimum atomic E-state index is -1.20. The second-order valence-corrected chi connectivity index (χ2v) is 4.83. The van der Waals surface area contributed by atoms with Gasteiger partial charge in [-0.3, -0.25) is 9.59 Å². The molecule has 2 aliphatic carbocycles. The van der Waals surface area contributed by atoms with Crippen LogP contribution in [-0.2, 0) is 9.59 Å². The maximum absolute atomic E-state index is 11.8. The molecule has 0 saturated heterocycles. The zero-order valence-corrected chi connectivity index (χ0v) is 9.17. The van der Waals surface area contributed by atoms with Crippen molar-refractivity contribution in [3.63, 3.8) is 0 Å². The lowest BCUT2D eigenvalue weighted by molar-refractivity contribution is -0.134. The van der Waals surface area contributed by atoms with Crippen LogP contribution in [0.1, 0.15) is 39.5 Å². The minimum absolute atomic E-state index is 0.0943. The lowest BCUT2D eigenvalue weighted by Crippen LogP contribution is -2.50. The Kier molecular flexibility index (Phi) is 2.12. The first-order valence-corrected chi connectivity index (χ1v) is 5.39. The lowest BCUT2D eigenvalue weighted by Gasteiger charge is -2.42. The fourth-order valence-corrected chi connectivity index (χ4v) is 2.96. The lowest BCUT2D eigenvalue weighted by atomic mass is 9.64. The molecule has 0 aromatic heterocycles. The van der Waals surface area contributed by atoms with E-state index in [1.807, 2.05) is 0 Å². The summed E-state index contributed by atoms with van der Waals surface area (Å²) in [4.78, 5) is 23.3. The van der Waals surface area contributed by atoms with Crippen LogP contribution >= 0.6 is 0 Å². The first-order chi connectivity index (χ1) is 6.92. The highest BCUT2D eigenvalue weighted by Gasteiger charge is 2.59. The molecular formula is C12H16O3. The smallest absolute Gasteiger partial charge is 0.158 e. The van der Waals surface area contributed by atoms with Gasteiger partial charge in [0.1, 0.15) is 11.4 Å². The molecule has 2 rings (SSSR count). The molecule has 0 spiro atoms. The fraction of sp³-hybridized carbons (Fsp3) is 0.667. The number of hydrogen-bond donors (Lipinski definition) is 1. The number of rotatable bonds is 1. The van der Waals surface area contributed by atoms with Gasteiger partial charge in [-0.1, -0.05) is 6.08 Å². The molecule has 0 amide bonds. The number of carbonyl (C=O) groups excluding carboxylic acids is 2. The van der Waals surface area contributed by atoms with Crippen molar-refractivity contribution in [1.29, 1.82) is 0 Å². The highest BCUT2D eigenvalue weighted by Crippen LogP contribution is 2.53. The topological polar surface area (TPSA) is 54.4 Å². The summed E-state index contributed by atoms with van der Waals surface area (Å²) >= 11 is 0. The Bertz CT molecular complexity index is 369. The third-order valence-corrected chi connectivity index (χ3v) is 4.06. The van der Waals surface area contributed by atoms with Crippen LogP contribution in [-0.4, -0.2) is 22.3 Å². The number of hydrogen-bond acceptors (Lipinski definition) is 3. The van der Waals surface area contributed by atoms with Gasteiger partial charge in [0.25, 0.3) is 0 Å². The van der Waals surface area contributed by atoms with Gasteiger partial charge >= 0.3 is 0 Å². The summed E-state index contributed by atoms with van der Waals surface area (Å²) in [7, 11) is 0. The molecular weight excluding hydrogens is 192 g/mol. The van der Waals surface area contributed by atoms with E-state index < -0.39 is 11.0 Å². The van der Waals surface area contributed by atoms with E-state index >= 15 is 0 Å². The van der Waals surface area contributed by atoms with Gasteiger partial charge in [-0.15, -0.1) is 0 Å². The molecule has 1 fully saturated rings. The highest BCUT2D eigenvalue weighted by atomic mass is 16.3. The van der Waals surface area contributed by atoms with E-state index in [9.17, 15) is 14.7 Å². The minimum Gasteiger partial charge on any atom is -0.384 e. The number of allylic oxidation sites excluding steroid dienone is 1. The SMILES string of the molecule is CC(=O)C1=CCC[C@]2(C)C(=O)CC[C@]12O. The van der Waals surface area contributed by atoms with Crippen molar-refractivity contribution < 1.29 is 14.7 Å². The maximum Gasteiger partial charge on any atom is 0.158 e. The summed E-state index contributed by atoms with van der Waals surface area (Å²) in [6, 6.07) is 0. The summed E-state index contributed by atoms with van der Waals surface area (Å²) in [5.74, 6) is -0.0185. The number of carbonyl (C=O) groups is 2. The number of Topliss-reactive ketones (excluding diaryl/α,β-unsaturated/α-hetero) is 2. The Morgan fingerprint density at radius 1 is 1.47 bits per heavy atom. The van der Waals surface area contributed by atoms with Crippen molar-refractivity contribution in [2.24, 2.45) is 5.41 Å². The molecule has 3 heteroatoms. The van der Waals surface area contributed by atoms with Crippen molar-refractivity contribution in [3.05, 3.63) is 11.6 Å². The van der Waals surface area contributed by atoms with E-state index in [1.54, 1.807) is 13.0 Å². The Hall–Kier alpha value is -0.960. The predicted molar refractivity (Wildman–Crippen MR) is 55.3 cm³/mol. The monoisotopic (exact) mass is 208 g/mol. The summed E-state index contributed by atoms with van der Waals surface area (Å²) in [5.41, 5.74) is -1.49. The highest BCUT2D eigenvalue weighted by molar-refractivity contribution is 6.00. The van der Waals surface area contributed by atoms with Crippen LogP contribution in [0.4, 0.5) is 0 Å². The van der Waals surface area contributed by atoms with Gasteiger partial charge in [0.15, 0.2) is 5.78 Å². The van der Waals surface area contributed by atoms with Crippen LogP contribution in [0.3, 0.4) is 0 Å². The average molecular weight is 208 g/mol. The average Bonchev–Trinajstić information content (AvgIpc) is 2.40. The van der Waals surface area contributed by atoms with Crippen molar-refractivity contribution in [2.75, 3.05) is 0 Å². The number of fused-ring (bicyclic) bond motifs is 1. The largest absolute Gasteiger partial charge is 0.384 e. The molecule has 1 saturated carbocycles. The second kappa shape index (κ2) is 3.01. The summed E-state index contributed by atoms with van der Waals surface area (Å²) in [6.45, 7) is 3.25. The summed E-state index contributed by atoms with van der Waals surface area (Å²) < 4.78 is 0. The van der Waals surface area contributed by atoms with Gasteiger partial charge in [0, 0.05) is 12.0 Å². The van der Waals surface area contributed by atoms with E-state index in [0.717, 1.165) is 0 Å². The van der Waals surface area contributed by atoms with Crippen LogP contribution in [0.25, 0.3) is 0 Å². The molecule has 0 aromatic carbocycles. The molecule has 0 heterocycles. The van der Waals surface area contributed by atoms with Crippen molar-refractivity contribution in [2.45, 2.75) is 45.1 Å². The molecule has 1 N–H and O–H groups in total. The van der Waals surface area contributed by atoms with E-state index in [1.165, 1.54) is 6.92 Å². The van der Waals surface area contributed by atoms with Gasteiger partial charge in [-0.2, -0.15) is 0 Å². The molecule has 0 aliphatic heterocycles. The van der Waals surface area contributed by atoms with Gasteiger partial charge in [0.2, 0.25) is 0 Å². The summed E-state index contributed by atoms with van der Waals surface area (Å²) in [6.07, 6.45) is 3.94. The Morgan fingerprint density at radius 2 is 2.13 bits per heavy atom. The van der Waals surface area contributed by atoms with Crippen LogP contribution in [0.15, 0.2) is 11.6 Å². The van der Waals surface area contributed by atoms with Crippen molar-refractivity contribution >= 4 is 11.6 Å². The molecule has 0 aromatic rings. The van der Waals surface area contributed by atoms with E-state index in [0.29, 0.717) is 31.3 Å². The molecule has 3 nitrogen and oxygen atoms in total. The molecule has 0 unspecified atom stereocenters. The normalized spacial score (nSPS) is 39.9. The zero-order chi connectivity index (χ0) is 11.3. The molecule has 15 heavy (non-hydrogen) atoms. The first kappa shape index (κ1) is 10.6. The van der Waals surface area contributed by atoms with Crippen LogP contribution in [0.2, 0.25) is 0 Å². The van der Waals surface area contributed by atoms with Gasteiger partial charge < -0.3 is 5.11 Å². The summed E-state index contributed by atoms with van der Waals surface area (Å²) in [5, 5.41) is 10.6. The Labute approximate surface area is 89.2 Å². The van der Waals surface area contributed by atoms with Gasteiger partial charge in [-0.25, -0.2) is 0 Å². The molecule has 0 radical (unpaired) electrons. The van der Waals surface area contributed by atoms with E-state index in [-0.39, 0.29) is 11.6 Å². The molecule has 2 aliphatic rings. The van der Waals surface area contributed by atoms with E-state index in [2.05, 4.69) is 0 Å². The molecule has 0 bridgehead atoms. The second-order valence-electron chi connectivity index (χ2n) is 4.83. The fourth-order valence-electron chi connectivity index (χ4n) is 2.96. The third kappa shape index (κ3) is 1.16. The predicted octanol–water partition coefficient (Wildman–Crippen LogP) is 1.40. The van der Waals surface area contributed by atoms with E-state index in [4.69, 9.17) is 0 Å².